The first kappa shape index (κ1) is 18.0. The second-order valence-corrected chi connectivity index (χ2v) is 5.90. The van der Waals surface area contributed by atoms with Gasteiger partial charge in [0.2, 0.25) is 0 Å². The summed E-state index contributed by atoms with van der Waals surface area (Å²) in [5, 5.41) is 17.5. The maximum atomic E-state index is 9.43. The third kappa shape index (κ3) is 3.41. The predicted molar refractivity (Wildman–Crippen MR) is 95.1 cm³/mol. The van der Waals surface area contributed by atoms with Gasteiger partial charge in [0, 0.05) is 6.20 Å². The summed E-state index contributed by atoms with van der Waals surface area (Å²) in [6, 6.07) is 4.00. The second-order valence-electron chi connectivity index (χ2n) is 5.51. The van der Waals surface area contributed by atoms with Crippen LogP contribution in [0.15, 0.2) is 12.3 Å². The van der Waals surface area contributed by atoms with Crippen molar-refractivity contribution in [1.29, 1.82) is 5.26 Å². The van der Waals surface area contributed by atoms with Crippen molar-refractivity contribution < 1.29 is 0 Å². The number of fused-ring (bicyclic) bond motifs is 1. The van der Waals surface area contributed by atoms with Gasteiger partial charge in [-0.1, -0.05) is 39.3 Å². The highest BCUT2D eigenvalue weighted by molar-refractivity contribution is 6.29. The Kier molecular flexibility index (Phi) is 5.58. The summed E-state index contributed by atoms with van der Waals surface area (Å²) in [5.74, 6) is 0.913. The third-order valence-corrected chi connectivity index (χ3v) is 3.66. The number of aromatic amines is 1. The molecule has 0 atom stereocenters. The van der Waals surface area contributed by atoms with Gasteiger partial charge in [-0.25, -0.2) is 9.97 Å². The van der Waals surface area contributed by atoms with E-state index in [4.69, 9.17) is 11.6 Å². The molecule has 0 fully saturated rings. The van der Waals surface area contributed by atoms with Crippen molar-refractivity contribution >= 4 is 22.6 Å². The first-order valence-corrected chi connectivity index (χ1v) is 8.34. The average Bonchev–Trinajstić information content (AvgIpc) is 3.12. The molecule has 126 valence electrons. The molecule has 6 nitrogen and oxygen atoms in total. The zero-order chi connectivity index (χ0) is 17.9. The van der Waals surface area contributed by atoms with Crippen LogP contribution in [-0.4, -0.2) is 24.7 Å². The molecule has 0 aliphatic carbocycles. The van der Waals surface area contributed by atoms with Gasteiger partial charge >= 0.3 is 0 Å². The van der Waals surface area contributed by atoms with Crippen molar-refractivity contribution in [3.63, 3.8) is 0 Å². The maximum Gasteiger partial charge on any atom is 0.151 e. The lowest BCUT2D eigenvalue weighted by Gasteiger charge is -2.09. The quantitative estimate of drug-likeness (QED) is 0.772. The fraction of sp³-hybridized carbons (Fsp3) is 0.412. The standard InChI is InChI=1S/C15H15ClN6.C2H6/c1-8(2)14-13-10(5-17)6-22(15(13)19-9(3)18-14)7-11-4-12(16)21-20-11;1-2/h4,6,8H,7H2,1-3H3,(H,20,21);1-2H3. The number of hydrogen-bond donors (Lipinski definition) is 1. The summed E-state index contributed by atoms with van der Waals surface area (Å²) >= 11 is 5.84. The van der Waals surface area contributed by atoms with E-state index in [1.54, 1.807) is 12.3 Å². The van der Waals surface area contributed by atoms with Crippen molar-refractivity contribution in [3.05, 3.63) is 40.2 Å². The van der Waals surface area contributed by atoms with Crippen molar-refractivity contribution in [2.45, 2.75) is 47.1 Å². The van der Waals surface area contributed by atoms with Crippen molar-refractivity contribution in [3.8, 4) is 6.07 Å². The van der Waals surface area contributed by atoms with Crippen molar-refractivity contribution in [2.24, 2.45) is 0 Å². The van der Waals surface area contributed by atoms with Gasteiger partial charge in [0.25, 0.3) is 0 Å². The first-order valence-electron chi connectivity index (χ1n) is 7.97. The summed E-state index contributed by atoms with van der Waals surface area (Å²) in [4.78, 5) is 9.04. The number of aromatic nitrogens is 5. The van der Waals surface area contributed by atoms with Crippen LogP contribution in [0.1, 0.15) is 56.4 Å². The molecule has 0 aliphatic heterocycles. The molecule has 0 bridgehead atoms. The van der Waals surface area contributed by atoms with Crippen LogP contribution >= 0.6 is 11.6 Å². The van der Waals surface area contributed by atoms with E-state index >= 15 is 0 Å². The molecule has 0 aromatic carbocycles. The summed E-state index contributed by atoms with van der Waals surface area (Å²) in [7, 11) is 0. The zero-order valence-corrected chi connectivity index (χ0v) is 15.3. The van der Waals surface area contributed by atoms with Crippen LogP contribution in [0.4, 0.5) is 0 Å². The van der Waals surface area contributed by atoms with Gasteiger partial charge in [-0.05, 0) is 18.9 Å². The van der Waals surface area contributed by atoms with E-state index in [0.717, 1.165) is 22.4 Å². The lowest BCUT2D eigenvalue weighted by atomic mass is 10.0. The number of halogens is 1. The Morgan fingerprint density at radius 2 is 2.04 bits per heavy atom. The molecule has 0 saturated heterocycles. The minimum atomic E-state index is 0.216. The predicted octanol–water partition coefficient (Wildman–Crippen LogP) is 4.19. The Labute approximate surface area is 146 Å². The molecule has 0 radical (unpaired) electrons. The summed E-state index contributed by atoms with van der Waals surface area (Å²) < 4.78 is 1.93. The van der Waals surface area contributed by atoms with E-state index in [0.29, 0.717) is 23.1 Å². The zero-order valence-electron chi connectivity index (χ0n) is 14.6. The van der Waals surface area contributed by atoms with Crippen LogP contribution in [0, 0.1) is 18.3 Å². The van der Waals surface area contributed by atoms with E-state index in [1.165, 1.54) is 0 Å². The molecule has 3 rings (SSSR count). The largest absolute Gasteiger partial charge is 0.325 e. The van der Waals surface area contributed by atoms with Crippen LogP contribution < -0.4 is 0 Å². The third-order valence-electron chi connectivity index (χ3n) is 3.46. The highest BCUT2D eigenvalue weighted by Crippen LogP contribution is 2.28. The van der Waals surface area contributed by atoms with E-state index < -0.39 is 0 Å². The topological polar surface area (TPSA) is 83.2 Å². The van der Waals surface area contributed by atoms with Gasteiger partial charge in [0.05, 0.1) is 28.9 Å². The monoisotopic (exact) mass is 344 g/mol. The molecule has 0 unspecified atom stereocenters. The molecular weight excluding hydrogens is 324 g/mol. The minimum absolute atomic E-state index is 0.216. The van der Waals surface area contributed by atoms with Crippen LogP contribution in [0.3, 0.4) is 0 Å². The van der Waals surface area contributed by atoms with Gasteiger partial charge in [0.15, 0.2) is 5.15 Å². The summed E-state index contributed by atoms with van der Waals surface area (Å²) in [5.41, 5.74) is 3.11. The van der Waals surface area contributed by atoms with Crippen molar-refractivity contribution in [1.82, 2.24) is 24.7 Å². The van der Waals surface area contributed by atoms with Gasteiger partial charge < -0.3 is 4.57 Å². The number of aryl methyl sites for hydroxylation is 1. The summed E-state index contributed by atoms with van der Waals surface area (Å²) in [6.45, 7) is 10.5. The van der Waals surface area contributed by atoms with Gasteiger partial charge in [-0.3, -0.25) is 5.10 Å². The average molecular weight is 345 g/mol. The van der Waals surface area contributed by atoms with Gasteiger partial charge in [0.1, 0.15) is 17.5 Å². The van der Waals surface area contributed by atoms with Crippen LogP contribution in [0.25, 0.3) is 11.0 Å². The van der Waals surface area contributed by atoms with E-state index in [9.17, 15) is 5.26 Å². The molecule has 0 spiro atoms. The fourth-order valence-corrected chi connectivity index (χ4v) is 2.72. The lowest BCUT2D eigenvalue weighted by Crippen LogP contribution is -2.04. The molecule has 3 aromatic rings. The van der Waals surface area contributed by atoms with Gasteiger partial charge in [-0.2, -0.15) is 10.4 Å². The molecule has 3 heterocycles. The summed E-state index contributed by atoms with van der Waals surface area (Å²) in [6.07, 6.45) is 1.80. The second kappa shape index (κ2) is 7.45. The number of nitrogens with zero attached hydrogens (tertiary/aromatic N) is 5. The first-order chi connectivity index (χ1) is 11.5. The molecule has 0 saturated carbocycles. The lowest BCUT2D eigenvalue weighted by molar-refractivity contribution is 0.778. The minimum Gasteiger partial charge on any atom is -0.325 e. The highest BCUT2D eigenvalue weighted by atomic mass is 35.5. The van der Waals surface area contributed by atoms with Crippen molar-refractivity contribution in [2.75, 3.05) is 0 Å². The van der Waals surface area contributed by atoms with Gasteiger partial charge in [-0.15, -0.1) is 0 Å². The number of nitrogens with one attached hydrogen (secondary N) is 1. The normalized spacial score (nSPS) is 10.6. The SMILES string of the molecule is CC.Cc1nc(C(C)C)c2c(C#N)cn(Cc3cc(Cl)n[nH]3)c2n1. The maximum absolute atomic E-state index is 9.43. The smallest absolute Gasteiger partial charge is 0.151 e. The molecule has 0 aliphatic rings. The van der Waals surface area contributed by atoms with Crippen LogP contribution in [0.5, 0.6) is 0 Å². The van der Waals surface area contributed by atoms with E-state index in [2.05, 4.69) is 40.1 Å². The Bertz CT molecular complexity index is 884. The Morgan fingerprint density at radius 1 is 1.33 bits per heavy atom. The Morgan fingerprint density at radius 3 is 2.58 bits per heavy atom. The van der Waals surface area contributed by atoms with E-state index in [1.807, 2.05) is 25.3 Å². The molecular formula is C17H21ClN6. The Balaban J connectivity index is 0.00000100. The molecule has 24 heavy (non-hydrogen) atoms. The molecule has 3 aromatic heterocycles. The number of hydrogen-bond acceptors (Lipinski definition) is 4. The molecule has 0 amide bonds. The molecule has 7 heteroatoms. The van der Waals surface area contributed by atoms with Crippen LogP contribution in [-0.2, 0) is 6.54 Å². The fourth-order valence-electron chi connectivity index (χ4n) is 2.55. The number of H-pyrrole nitrogens is 1. The van der Waals surface area contributed by atoms with E-state index in [-0.39, 0.29) is 5.92 Å². The highest BCUT2D eigenvalue weighted by Gasteiger charge is 2.18. The number of rotatable bonds is 3. The number of nitriles is 1. The van der Waals surface area contributed by atoms with Crippen LogP contribution in [0.2, 0.25) is 5.15 Å². The Hall–Kier alpha value is -2.39. The molecule has 1 N–H and O–H groups in total.